The highest BCUT2D eigenvalue weighted by Crippen LogP contribution is 2.36. The van der Waals surface area contributed by atoms with E-state index in [0.717, 1.165) is 0 Å². The molecule has 1 aromatic carbocycles. The molecule has 38 heavy (non-hydrogen) atoms. The second-order valence-electron chi connectivity index (χ2n) is 8.82. The molecule has 0 radical (unpaired) electrons. The van der Waals surface area contributed by atoms with Crippen LogP contribution in [0.1, 0.15) is 31.2 Å². The number of amides is 1. The minimum absolute atomic E-state index is 0. The molecule has 1 saturated heterocycles. The summed E-state index contributed by atoms with van der Waals surface area (Å²) in [6.07, 6.45) is -3.27. The van der Waals surface area contributed by atoms with Crippen LogP contribution in [-0.2, 0) is 25.8 Å². The topological polar surface area (TPSA) is 109 Å². The molecule has 1 aromatic heterocycles. The van der Waals surface area contributed by atoms with Gasteiger partial charge in [-0.1, -0.05) is 18.2 Å². The van der Waals surface area contributed by atoms with Crippen LogP contribution in [0.4, 0.5) is 13.2 Å². The molecule has 2 heterocycles. The molecule has 2 N–H and O–H groups in total. The van der Waals surface area contributed by atoms with E-state index in [4.69, 9.17) is 4.74 Å². The zero-order valence-corrected chi connectivity index (χ0v) is 23.2. The zero-order chi connectivity index (χ0) is 26.4. The number of methoxy groups -OCH3 is 1. The van der Waals surface area contributed by atoms with Gasteiger partial charge in [-0.15, -0.1) is 24.8 Å². The molecule has 214 valence electrons. The van der Waals surface area contributed by atoms with E-state index in [1.807, 2.05) is 4.90 Å². The van der Waals surface area contributed by atoms with Crippen molar-refractivity contribution < 1.29 is 36.3 Å². The molecule has 0 aliphatic carbocycles. The van der Waals surface area contributed by atoms with Crippen molar-refractivity contribution in [3.63, 3.8) is 0 Å². The van der Waals surface area contributed by atoms with Crippen LogP contribution in [0.25, 0.3) is 11.3 Å². The lowest BCUT2D eigenvalue weighted by Crippen LogP contribution is -2.58. The van der Waals surface area contributed by atoms with Gasteiger partial charge in [0, 0.05) is 44.9 Å². The number of carbonyl (C=O) groups is 1. The predicted octanol–water partition coefficient (Wildman–Crippen LogP) is 4.24. The number of hydrogen-bond donors (Lipinski definition) is 2. The maximum atomic E-state index is 13.6. The first-order chi connectivity index (χ1) is 17.0. The largest absolute Gasteiger partial charge is 0.389 e. The van der Waals surface area contributed by atoms with Crippen LogP contribution in [0.3, 0.4) is 0 Å². The standard InChI is InChI=1S/C24H30F3N3O5S.2ClH/c1-35-16-15-30-13-11-23(12-14-30,22(31)29-32)36(33,34)20-7-5-19(6-8-20)21-9-4-18(17-28-21)3-2-10-24(25,26)27;;/h4-9,17,32H,2-3,10-16H2,1H3,(H,29,31);2*1H. The number of aromatic nitrogens is 1. The number of ether oxygens (including phenoxy) is 1. The lowest BCUT2D eigenvalue weighted by molar-refractivity contribution is -0.135. The molecule has 2 aromatic rings. The second-order valence-corrected chi connectivity index (χ2v) is 11.1. The smallest absolute Gasteiger partial charge is 0.383 e. The van der Waals surface area contributed by atoms with Crippen molar-refractivity contribution in [1.29, 1.82) is 0 Å². The van der Waals surface area contributed by atoms with Gasteiger partial charge in [-0.3, -0.25) is 15.0 Å². The van der Waals surface area contributed by atoms with Crippen molar-refractivity contribution in [3.8, 4) is 11.3 Å². The molecule has 14 heteroatoms. The minimum atomic E-state index is -4.19. The molecule has 0 saturated carbocycles. The number of piperidine rings is 1. The molecule has 0 bridgehead atoms. The van der Waals surface area contributed by atoms with Gasteiger partial charge in [-0.2, -0.15) is 13.2 Å². The zero-order valence-electron chi connectivity index (χ0n) is 20.7. The van der Waals surface area contributed by atoms with Crippen LogP contribution in [0.15, 0.2) is 47.5 Å². The number of hydrogen-bond acceptors (Lipinski definition) is 7. The lowest BCUT2D eigenvalue weighted by Gasteiger charge is -2.39. The van der Waals surface area contributed by atoms with Gasteiger partial charge in [0.05, 0.1) is 17.2 Å². The van der Waals surface area contributed by atoms with Gasteiger partial charge in [-0.25, -0.2) is 13.9 Å². The summed E-state index contributed by atoms with van der Waals surface area (Å²) in [4.78, 5) is 18.9. The molecular formula is C24H32Cl2F3N3O5S. The van der Waals surface area contributed by atoms with Gasteiger partial charge in [0.1, 0.15) is 0 Å². The number of sulfone groups is 1. The van der Waals surface area contributed by atoms with Gasteiger partial charge < -0.3 is 9.64 Å². The van der Waals surface area contributed by atoms with E-state index in [-0.39, 0.29) is 55.4 Å². The quantitative estimate of drug-likeness (QED) is 0.310. The maximum Gasteiger partial charge on any atom is 0.389 e. The maximum absolute atomic E-state index is 13.6. The van der Waals surface area contributed by atoms with E-state index in [1.54, 1.807) is 36.9 Å². The van der Waals surface area contributed by atoms with E-state index >= 15 is 0 Å². The highest BCUT2D eigenvalue weighted by Gasteiger charge is 2.52. The average molecular weight is 603 g/mol. The summed E-state index contributed by atoms with van der Waals surface area (Å²) in [6.45, 7) is 1.80. The Balaban J connectivity index is 0.00000361. The Morgan fingerprint density at radius 2 is 1.76 bits per heavy atom. The third kappa shape index (κ3) is 8.03. The first kappa shape index (κ1) is 34.1. The van der Waals surface area contributed by atoms with Crippen molar-refractivity contribution in [3.05, 3.63) is 48.2 Å². The summed E-state index contributed by atoms with van der Waals surface area (Å²) < 4.78 is 67.4. The number of aryl methyl sites for hydroxylation is 1. The first-order valence-corrected chi connectivity index (χ1v) is 13.0. The summed E-state index contributed by atoms with van der Waals surface area (Å²) in [5.74, 6) is -0.958. The Morgan fingerprint density at radius 1 is 1.13 bits per heavy atom. The van der Waals surface area contributed by atoms with Crippen molar-refractivity contribution >= 4 is 40.6 Å². The number of likely N-dealkylation sites (tertiary alicyclic amines) is 1. The SMILES string of the molecule is COCCN1CCC(C(=O)NO)(S(=O)(=O)c2ccc(-c3ccc(CCCC(F)(F)F)cn3)cc2)CC1.Cl.Cl. The van der Waals surface area contributed by atoms with Crippen LogP contribution in [0.2, 0.25) is 0 Å². The molecule has 0 atom stereocenters. The van der Waals surface area contributed by atoms with Gasteiger partial charge in [0.25, 0.3) is 5.91 Å². The predicted molar refractivity (Wildman–Crippen MR) is 141 cm³/mol. The van der Waals surface area contributed by atoms with Crippen LogP contribution in [0.5, 0.6) is 0 Å². The molecule has 1 amide bonds. The fourth-order valence-electron chi connectivity index (χ4n) is 4.34. The molecule has 1 fully saturated rings. The average Bonchev–Trinajstić information content (AvgIpc) is 2.87. The van der Waals surface area contributed by atoms with Crippen LogP contribution >= 0.6 is 24.8 Å². The summed E-state index contributed by atoms with van der Waals surface area (Å²) in [5, 5.41) is 9.32. The van der Waals surface area contributed by atoms with E-state index in [0.29, 0.717) is 43.1 Å². The molecule has 8 nitrogen and oxygen atoms in total. The van der Waals surface area contributed by atoms with E-state index < -0.39 is 33.1 Å². The number of hydroxylamine groups is 1. The van der Waals surface area contributed by atoms with E-state index in [1.165, 1.54) is 18.3 Å². The highest BCUT2D eigenvalue weighted by atomic mass is 35.5. The minimum Gasteiger partial charge on any atom is -0.383 e. The Kier molecular flexibility index (Phi) is 12.9. The summed E-state index contributed by atoms with van der Waals surface area (Å²) in [7, 11) is -2.58. The van der Waals surface area contributed by atoms with Gasteiger partial charge in [-0.05, 0) is 49.4 Å². The van der Waals surface area contributed by atoms with Crippen LogP contribution in [-0.4, -0.2) is 73.7 Å². The molecule has 0 unspecified atom stereocenters. The molecular weight excluding hydrogens is 570 g/mol. The van der Waals surface area contributed by atoms with Crippen molar-refractivity contribution in [2.45, 2.75) is 47.9 Å². The number of halogens is 5. The molecule has 3 rings (SSSR count). The second kappa shape index (κ2) is 14.4. The normalized spacial score (nSPS) is 15.7. The molecule has 1 aliphatic heterocycles. The van der Waals surface area contributed by atoms with Gasteiger partial charge >= 0.3 is 6.18 Å². The summed E-state index contributed by atoms with van der Waals surface area (Å²) in [5.41, 5.74) is 3.37. The van der Waals surface area contributed by atoms with Gasteiger partial charge in [0.2, 0.25) is 0 Å². The third-order valence-corrected chi connectivity index (χ3v) is 9.03. The van der Waals surface area contributed by atoms with E-state index in [2.05, 4.69) is 4.98 Å². The fraction of sp³-hybridized carbons (Fsp3) is 0.500. The lowest BCUT2D eigenvalue weighted by atomic mass is 9.95. The fourth-order valence-corrected chi connectivity index (χ4v) is 6.30. The number of carbonyl (C=O) groups excluding carboxylic acids is 1. The Hall–Kier alpha value is -1.96. The summed E-state index contributed by atoms with van der Waals surface area (Å²) in [6, 6.07) is 9.29. The van der Waals surface area contributed by atoms with E-state index in [9.17, 15) is 31.6 Å². The van der Waals surface area contributed by atoms with Crippen LogP contribution < -0.4 is 5.48 Å². The number of nitrogens with zero attached hydrogens (tertiary/aromatic N) is 2. The third-order valence-electron chi connectivity index (χ3n) is 6.52. The number of pyridine rings is 1. The van der Waals surface area contributed by atoms with Crippen molar-refractivity contribution in [2.75, 3.05) is 33.4 Å². The molecule has 1 aliphatic rings. The van der Waals surface area contributed by atoms with Crippen LogP contribution in [0, 0.1) is 0 Å². The monoisotopic (exact) mass is 601 g/mol. The van der Waals surface area contributed by atoms with Crippen molar-refractivity contribution in [1.82, 2.24) is 15.4 Å². The number of alkyl halides is 3. The number of benzene rings is 1. The van der Waals surface area contributed by atoms with Gasteiger partial charge in [0.15, 0.2) is 14.6 Å². The number of nitrogens with one attached hydrogen (secondary N) is 1. The number of rotatable bonds is 10. The molecule has 0 spiro atoms. The first-order valence-electron chi connectivity index (χ1n) is 11.5. The Bertz CT molecular complexity index is 1130. The Morgan fingerprint density at radius 3 is 2.26 bits per heavy atom. The Labute approximate surface area is 232 Å². The highest BCUT2D eigenvalue weighted by molar-refractivity contribution is 7.93. The van der Waals surface area contributed by atoms with Crippen molar-refractivity contribution in [2.24, 2.45) is 0 Å². The summed E-state index contributed by atoms with van der Waals surface area (Å²) >= 11 is 0.